The highest BCUT2D eigenvalue weighted by atomic mass is 32.1. The van der Waals surface area contributed by atoms with Gasteiger partial charge in [0.1, 0.15) is 9.66 Å². The van der Waals surface area contributed by atoms with E-state index in [9.17, 15) is 0 Å². The van der Waals surface area contributed by atoms with Crippen molar-refractivity contribution in [3.05, 3.63) is 175 Å². The largest absolute Gasteiger partial charge is 0.245 e. The maximum atomic E-state index is 5.08. The molecule has 0 spiro atoms. The molecule has 0 saturated heterocycles. The van der Waals surface area contributed by atoms with Gasteiger partial charge in [0.25, 0.3) is 0 Å². The number of allylic oxidation sites excluding steroid dienone is 1. The zero-order chi connectivity index (χ0) is 33.8. The normalized spacial score (nSPS) is 12.9. The van der Waals surface area contributed by atoms with Gasteiger partial charge in [0, 0.05) is 49.3 Å². The van der Waals surface area contributed by atoms with E-state index in [-0.39, 0.29) is 0 Å². The summed E-state index contributed by atoms with van der Waals surface area (Å²) in [6.45, 7) is 0. The van der Waals surface area contributed by atoms with Crippen LogP contribution in [-0.2, 0) is 6.42 Å². The molecule has 51 heavy (non-hydrogen) atoms. The number of rotatable bonds is 6. The summed E-state index contributed by atoms with van der Waals surface area (Å²) in [5, 5.41) is 9.12. The quantitative estimate of drug-likeness (QED) is 0.127. The predicted octanol–water partition coefficient (Wildman–Crippen LogP) is 9.73. The Hall–Kier alpha value is -5.46. The van der Waals surface area contributed by atoms with Crippen molar-refractivity contribution in [2.75, 3.05) is 0 Å². The molecule has 0 bridgehead atoms. The molecule has 0 radical (unpaired) electrons. The average Bonchev–Trinajstić information content (AvgIpc) is 3.77. The SMILES string of the molecule is C1=Cc2c(sc3ncc(-c4cc(-c5cnc6sc7ccccc7c6c5)cc([Si](c5ccccc5)(c5ccccc5)c5ccccc5)c4)cc23)CC1. The first kappa shape index (κ1) is 30.4. The van der Waals surface area contributed by atoms with Gasteiger partial charge in [0.15, 0.2) is 8.07 Å². The molecule has 5 heteroatoms. The Labute approximate surface area is 306 Å². The van der Waals surface area contributed by atoms with Gasteiger partial charge in [-0.25, -0.2) is 9.97 Å². The molecule has 0 amide bonds. The summed E-state index contributed by atoms with van der Waals surface area (Å²) in [5.41, 5.74) is 5.94. The lowest BCUT2D eigenvalue weighted by Crippen LogP contribution is -2.74. The molecule has 0 fully saturated rings. The van der Waals surface area contributed by atoms with Crippen LogP contribution < -0.4 is 20.7 Å². The van der Waals surface area contributed by atoms with Crippen molar-refractivity contribution in [3.8, 4) is 22.3 Å². The van der Waals surface area contributed by atoms with Crippen molar-refractivity contribution in [1.29, 1.82) is 0 Å². The van der Waals surface area contributed by atoms with Crippen LogP contribution in [0.1, 0.15) is 16.9 Å². The molecule has 1 aliphatic rings. The Morgan fingerprint density at radius 3 is 1.65 bits per heavy atom. The van der Waals surface area contributed by atoms with Crippen LogP contribution in [0.3, 0.4) is 0 Å². The van der Waals surface area contributed by atoms with Crippen LogP contribution in [0.4, 0.5) is 0 Å². The fraction of sp³-hybridized carbons (Fsp3) is 0.0435. The second-order valence-electron chi connectivity index (χ2n) is 13.3. The Morgan fingerprint density at radius 2 is 1.02 bits per heavy atom. The van der Waals surface area contributed by atoms with Crippen molar-refractivity contribution < 1.29 is 0 Å². The van der Waals surface area contributed by atoms with Crippen LogP contribution in [0.5, 0.6) is 0 Å². The number of pyridine rings is 2. The van der Waals surface area contributed by atoms with Gasteiger partial charge in [-0.05, 0) is 74.5 Å². The van der Waals surface area contributed by atoms with E-state index in [0.29, 0.717) is 0 Å². The Balaban J connectivity index is 1.29. The van der Waals surface area contributed by atoms with Crippen LogP contribution in [-0.4, -0.2) is 18.0 Å². The third kappa shape index (κ3) is 5.03. The second kappa shape index (κ2) is 12.4. The van der Waals surface area contributed by atoms with Crippen molar-refractivity contribution >= 4 is 88.1 Å². The van der Waals surface area contributed by atoms with Crippen molar-refractivity contribution in [2.45, 2.75) is 12.8 Å². The third-order valence-corrected chi connectivity index (χ3v) is 17.4. The van der Waals surface area contributed by atoms with Gasteiger partial charge in [-0.2, -0.15) is 0 Å². The summed E-state index contributed by atoms with van der Waals surface area (Å²) in [4.78, 5) is 13.8. The zero-order valence-electron chi connectivity index (χ0n) is 27.8. The summed E-state index contributed by atoms with van der Waals surface area (Å²) >= 11 is 3.60. The number of aryl methyl sites for hydroxylation is 1. The third-order valence-electron chi connectivity index (χ3n) is 10.4. The van der Waals surface area contributed by atoms with Gasteiger partial charge in [-0.3, -0.25) is 0 Å². The number of thiophene rings is 2. The number of aromatic nitrogens is 2. The van der Waals surface area contributed by atoms with E-state index in [1.165, 1.54) is 63.2 Å². The summed E-state index contributed by atoms with van der Waals surface area (Å²) in [6, 6.07) is 54.2. The second-order valence-corrected chi connectivity index (χ2v) is 19.2. The highest BCUT2D eigenvalue weighted by Gasteiger charge is 2.41. The average molecular weight is 705 g/mol. The van der Waals surface area contributed by atoms with Crippen LogP contribution in [0.25, 0.3) is 58.8 Å². The molecule has 10 rings (SSSR count). The van der Waals surface area contributed by atoms with Gasteiger partial charge in [-0.15, -0.1) is 22.7 Å². The monoisotopic (exact) mass is 704 g/mol. The molecule has 5 aromatic carbocycles. The fourth-order valence-electron chi connectivity index (χ4n) is 8.00. The number of hydrogen-bond donors (Lipinski definition) is 0. The molecule has 0 saturated carbocycles. The molecular weight excluding hydrogens is 673 g/mol. The lowest BCUT2D eigenvalue weighted by Gasteiger charge is -2.35. The van der Waals surface area contributed by atoms with Crippen LogP contribution >= 0.6 is 22.7 Å². The molecule has 0 unspecified atom stereocenters. The Morgan fingerprint density at radius 1 is 0.471 bits per heavy atom. The molecule has 4 aromatic heterocycles. The maximum Gasteiger partial charge on any atom is 0.179 e. The highest BCUT2D eigenvalue weighted by molar-refractivity contribution is 7.25. The topological polar surface area (TPSA) is 25.8 Å². The number of benzene rings is 5. The summed E-state index contributed by atoms with van der Waals surface area (Å²) < 4.78 is 1.27. The number of nitrogens with zero attached hydrogens (tertiary/aromatic N) is 2. The number of hydrogen-bond acceptors (Lipinski definition) is 4. The molecule has 0 atom stereocenters. The van der Waals surface area contributed by atoms with Gasteiger partial charge in [-0.1, -0.05) is 133 Å². The van der Waals surface area contributed by atoms with Gasteiger partial charge < -0.3 is 0 Å². The van der Waals surface area contributed by atoms with E-state index in [1.807, 2.05) is 11.3 Å². The highest BCUT2D eigenvalue weighted by Crippen LogP contribution is 2.38. The van der Waals surface area contributed by atoms with E-state index in [2.05, 4.69) is 170 Å². The molecular formula is C46H32N2S2Si. The van der Waals surface area contributed by atoms with Gasteiger partial charge >= 0.3 is 0 Å². The molecule has 2 nitrogen and oxygen atoms in total. The summed E-state index contributed by atoms with van der Waals surface area (Å²) in [7, 11) is -2.82. The van der Waals surface area contributed by atoms with E-state index in [1.54, 1.807) is 11.3 Å². The summed E-state index contributed by atoms with van der Waals surface area (Å²) in [5.74, 6) is 0. The fourth-order valence-corrected chi connectivity index (χ4v) is 15.0. The number of fused-ring (bicyclic) bond motifs is 6. The first-order chi connectivity index (χ1) is 25.3. The van der Waals surface area contributed by atoms with Gasteiger partial charge in [0.05, 0.1) is 0 Å². The van der Waals surface area contributed by atoms with E-state index >= 15 is 0 Å². The molecule has 1 aliphatic carbocycles. The standard InChI is InChI=1S/C46H32N2S2Si/c1-4-14-35(15-5-1)51(36-16-6-2-7-17-36,37-18-8-3-9-19-37)38-25-31(33-27-41-39-20-10-12-22-43(39)49-45(41)47-29-33)24-32(26-38)34-28-42-40-21-11-13-23-44(40)50-46(42)48-30-34/h1-12,14-22,24-30H,13,23H2. The first-order valence-corrected chi connectivity index (χ1v) is 21.1. The van der Waals surface area contributed by atoms with Crippen molar-refractivity contribution in [1.82, 2.24) is 9.97 Å². The Bertz CT molecular complexity index is 2650. The molecule has 0 aliphatic heterocycles. The first-order valence-electron chi connectivity index (χ1n) is 17.4. The van der Waals surface area contributed by atoms with Crippen molar-refractivity contribution in [2.24, 2.45) is 0 Å². The minimum Gasteiger partial charge on any atom is -0.245 e. The van der Waals surface area contributed by atoms with Crippen LogP contribution in [0.2, 0.25) is 0 Å². The molecule has 4 heterocycles. The molecule has 9 aromatic rings. The van der Waals surface area contributed by atoms with Crippen LogP contribution in [0.15, 0.2) is 164 Å². The molecule has 0 N–H and O–H groups in total. The van der Waals surface area contributed by atoms with E-state index in [0.717, 1.165) is 33.6 Å². The lowest BCUT2D eigenvalue weighted by molar-refractivity contribution is 1.02. The Kier molecular flexibility index (Phi) is 7.38. The minimum atomic E-state index is -2.82. The van der Waals surface area contributed by atoms with E-state index < -0.39 is 8.07 Å². The van der Waals surface area contributed by atoms with Crippen LogP contribution in [0, 0.1) is 0 Å². The maximum absolute atomic E-state index is 5.08. The smallest absolute Gasteiger partial charge is 0.179 e. The van der Waals surface area contributed by atoms with E-state index in [4.69, 9.17) is 9.97 Å². The van der Waals surface area contributed by atoms with Crippen molar-refractivity contribution in [3.63, 3.8) is 0 Å². The molecule has 242 valence electrons. The zero-order valence-corrected chi connectivity index (χ0v) is 30.4. The summed E-state index contributed by atoms with van der Waals surface area (Å²) in [6.07, 6.45) is 10.9. The van der Waals surface area contributed by atoms with Gasteiger partial charge in [0.2, 0.25) is 0 Å². The lowest BCUT2D eigenvalue weighted by atomic mass is 9.98. The predicted molar refractivity (Wildman–Crippen MR) is 222 cm³/mol. The minimum absolute atomic E-state index is 1.07.